The van der Waals surface area contributed by atoms with Crippen LogP contribution < -0.4 is 0 Å². The second-order valence-corrected chi connectivity index (χ2v) is 5.86. The van der Waals surface area contributed by atoms with Crippen LogP contribution in [0.15, 0.2) is 0 Å². The molecule has 0 amide bonds. The van der Waals surface area contributed by atoms with Gasteiger partial charge >= 0.3 is 0 Å². The van der Waals surface area contributed by atoms with Gasteiger partial charge in [-0.25, -0.2) is 0 Å². The number of rotatable bonds is 7. The summed E-state index contributed by atoms with van der Waals surface area (Å²) in [4.78, 5) is 0. The lowest BCUT2D eigenvalue weighted by molar-refractivity contribution is 0.381. The van der Waals surface area contributed by atoms with Gasteiger partial charge in [0.25, 0.3) is 0 Å². The van der Waals surface area contributed by atoms with Crippen LogP contribution in [0.2, 0.25) is 0 Å². The minimum atomic E-state index is -0.247. The average molecular weight is 219 g/mol. The fourth-order valence-electron chi connectivity index (χ4n) is 1.64. The van der Waals surface area contributed by atoms with Gasteiger partial charge in [0.05, 0.1) is 0 Å². The van der Waals surface area contributed by atoms with E-state index in [4.69, 9.17) is 0 Å². The van der Waals surface area contributed by atoms with Crippen molar-refractivity contribution in [1.82, 2.24) is 14.0 Å². The van der Waals surface area contributed by atoms with Crippen LogP contribution in [0.3, 0.4) is 0 Å². The van der Waals surface area contributed by atoms with E-state index in [-0.39, 0.29) is 8.37 Å². The first-order valence-corrected chi connectivity index (χ1v) is 6.79. The first-order chi connectivity index (χ1) is 6.62. The van der Waals surface area contributed by atoms with Crippen LogP contribution in [-0.2, 0) is 0 Å². The minimum absolute atomic E-state index is 0.247. The Bertz CT molecular complexity index is 121. The van der Waals surface area contributed by atoms with E-state index in [9.17, 15) is 0 Å². The lowest BCUT2D eigenvalue weighted by atomic mass is 10.7. The molecule has 0 aromatic heterocycles. The summed E-state index contributed by atoms with van der Waals surface area (Å²) in [7, 11) is 4.12. The Kier molecular flexibility index (Phi) is 7.75. The molecular formula is C10H26N3P. The fourth-order valence-corrected chi connectivity index (χ4v) is 4.02. The topological polar surface area (TPSA) is 9.72 Å². The molecule has 0 unspecified atom stereocenters. The van der Waals surface area contributed by atoms with Gasteiger partial charge < -0.3 is 0 Å². The highest BCUT2D eigenvalue weighted by atomic mass is 31.2. The summed E-state index contributed by atoms with van der Waals surface area (Å²) >= 11 is 0. The summed E-state index contributed by atoms with van der Waals surface area (Å²) in [6, 6.07) is 0. The number of hydrogen-bond donors (Lipinski definition) is 0. The van der Waals surface area contributed by atoms with Gasteiger partial charge in [-0.2, -0.15) is 0 Å². The lowest BCUT2D eigenvalue weighted by Crippen LogP contribution is -2.34. The first kappa shape index (κ1) is 14.3. The van der Waals surface area contributed by atoms with E-state index >= 15 is 0 Å². The van der Waals surface area contributed by atoms with Gasteiger partial charge in [-0.05, 0) is 14.1 Å². The Balaban J connectivity index is 4.54. The molecular weight excluding hydrogens is 193 g/mol. The summed E-state index contributed by atoms with van der Waals surface area (Å²) in [6.07, 6.45) is 0. The maximum Gasteiger partial charge on any atom is 0.119 e. The van der Waals surface area contributed by atoms with Gasteiger partial charge in [0.15, 0.2) is 0 Å². The third kappa shape index (κ3) is 3.82. The molecule has 0 spiro atoms. The predicted molar refractivity (Wildman–Crippen MR) is 66.4 cm³/mol. The van der Waals surface area contributed by atoms with E-state index in [1.807, 2.05) is 0 Å². The van der Waals surface area contributed by atoms with Crippen LogP contribution in [0, 0.1) is 0 Å². The monoisotopic (exact) mass is 219 g/mol. The van der Waals surface area contributed by atoms with Crippen molar-refractivity contribution in [3.8, 4) is 0 Å². The summed E-state index contributed by atoms with van der Waals surface area (Å²) in [5.41, 5.74) is 0. The standard InChI is InChI=1S/C10H26N3P/c1-7-12(8-2)14(11(5)6)13(9-3)10-4/h7-10H2,1-6H3. The molecule has 0 rings (SSSR count). The third-order valence-corrected chi connectivity index (χ3v) is 5.18. The fraction of sp³-hybridized carbons (Fsp3) is 1.00. The van der Waals surface area contributed by atoms with Gasteiger partial charge in [-0.15, -0.1) is 0 Å². The Morgan fingerprint density at radius 2 is 1.00 bits per heavy atom. The molecule has 0 aliphatic heterocycles. The molecule has 0 saturated carbocycles. The van der Waals surface area contributed by atoms with E-state index in [1.54, 1.807) is 0 Å². The minimum Gasteiger partial charge on any atom is -0.263 e. The van der Waals surface area contributed by atoms with Crippen LogP contribution in [0.4, 0.5) is 0 Å². The molecule has 0 saturated heterocycles. The molecule has 14 heavy (non-hydrogen) atoms. The van der Waals surface area contributed by atoms with Crippen molar-refractivity contribution >= 4 is 8.37 Å². The zero-order valence-electron chi connectivity index (χ0n) is 10.6. The zero-order valence-corrected chi connectivity index (χ0v) is 11.5. The van der Waals surface area contributed by atoms with Crippen LogP contribution in [-0.4, -0.2) is 54.3 Å². The van der Waals surface area contributed by atoms with E-state index in [2.05, 4.69) is 55.8 Å². The van der Waals surface area contributed by atoms with Crippen molar-refractivity contribution in [2.45, 2.75) is 27.7 Å². The van der Waals surface area contributed by atoms with Crippen LogP contribution in [0.25, 0.3) is 0 Å². The molecule has 86 valence electrons. The average Bonchev–Trinajstić information content (AvgIpc) is 2.18. The Hall–Kier alpha value is 0.310. The number of nitrogens with zero attached hydrogens (tertiary/aromatic N) is 3. The highest BCUT2D eigenvalue weighted by molar-refractivity contribution is 7.50. The maximum absolute atomic E-state index is 2.54. The molecule has 0 bridgehead atoms. The third-order valence-electron chi connectivity index (χ3n) is 2.32. The van der Waals surface area contributed by atoms with Crippen molar-refractivity contribution in [3.05, 3.63) is 0 Å². The first-order valence-electron chi connectivity index (χ1n) is 5.59. The number of hydrogen-bond acceptors (Lipinski definition) is 3. The molecule has 0 atom stereocenters. The highest BCUT2D eigenvalue weighted by Gasteiger charge is 2.23. The quantitative estimate of drug-likeness (QED) is 0.609. The Morgan fingerprint density at radius 3 is 1.14 bits per heavy atom. The molecule has 0 aliphatic rings. The Labute approximate surface area is 91.0 Å². The predicted octanol–water partition coefficient (Wildman–Crippen LogP) is 2.46. The van der Waals surface area contributed by atoms with Gasteiger partial charge in [0, 0.05) is 26.2 Å². The normalized spacial score (nSPS) is 12.4. The van der Waals surface area contributed by atoms with Crippen molar-refractivity contribution in [1.29, 1.82) is 0 Å². The molecule has 0 N–H and O–H groups in total. The van der Waals surface area contributed by atoms with E-state index in [0.717, 1.165) is 26.2 Å². The molecule has 0 heterocycles. The molecule has 0 aliphatic carbocycles. The molecule has 0 fully saturated rings. The summed E-state index contributed by atoms with van der Waals surface area (Å²) in [6.45, 7) is 13.5. The van der Waals surface area contributed by atoms with Crippen molar-refractivity contribution < 1.29 is 0 Å². The summed E-state index contributed by atoms with van der Waals surface area (Å²) in [5, 5.41) is 0. The van der Waals surface area contributed by atoms with Crippen LogP contribution in [0.5, 0.6) is 0 Å². The molecule has 0 aromatic rings. The smallest absolute Gasteiger partial charge is 0.119 e. The van der Waals surface area contributed by atoms with Gasteiger partial charge in [-0.1, -0.05) is 27.7 Å². The Morgan fingerprint density at radius 1 is 0.714 bits per heavy atom. The second-order valence-electron chi connectivity index (χ2n) is 3.39. The SMILES string of the molecule is CCN(CC)P(N(C)C)N(CC)CC. The molecule has 4 heteroatoms. The van der Waals surface area contributed by atoms with E-state index < -0.39 is 0 Å². The van der Waals surface area contributed by atoms with Crippen molar-refractivity contribution in [2.24, 2.45) is 0 Å². The van der Waals surface area contributed by atoms with E-state index in [1.165, 1.54) is 0 Å². The largest absolute Gasteiger partial charge is 0.263 e. The molecule has 3 nitrogen and oxygen atoms in total. The van der Waals surface area contributed by atoms with E-state index in [0.29, 0.717) is 0 Å². The molecule has 0 aromatic carbocycles. The van der Waals surface area contributed by atoms with Gasteiger partial charge in [0.2, 0.25) is 0 Å². The highest BCUT2D eigenvalue weighted by Crippen LogP contribution is 2.45. The maximum atomic E-state index is 2.54. The van der Waals surface area contributed by atoms with Crippen LogP contribution >= 0.6 is 8.37 Å². The second kappa shape index (κ2) is 7.58. The lowest BCUT2D eigenvalue weighted by Gasteiger charge is -2.40. The zero-order chi connectivity index (χ0) is 11.1. The summed E-state index contributed by atoms with van der Waals surface area (Å²) in [5.74, 6) is 0. The van der Waals surface area contributed by atoms with Crippen molar-refractivity contribution in [3.63, 3.8) is 0 Å². The molecule has 0 radical (unpaired) electrons. The van der Waals surface area contributed by atoms with Crippen molar-refractivity contribution in [2.75, 3.05) is 40.3 Å². The van der Waals surface area contributed by atoms with Gasteiger partial charge in [0.1, 0.15) is 8.37 Å². The summed E-state index contributed by atoms with van der Waals surface area (Å²) < 4.78 is 7.44. The van der Waals surface area contributed by atoms with Crippen LogP contribution in [0.1, 0.15) is 27.7 Å². The van der Waals surface area contributed by atoms with Gasteiger partial charge in [-0.3, -0.25) is 14.0 Å².